The number of morpholine rings is 1. The van der Waals surface area contributed by atoms with Crippen LogP contribution in [0.5, 0.6) is 0 Å². The van der Waals surface area contributed by atoms with Gasteiger partial charge in [-0.2, -0.15) is 0 Å². The minimum absolute atomic E-state index is 0.168. The molecular formula is C16H23N3O3. The van der Waals surface area contributed by atoms with Crippen molar-refractivity contribution in [2.24, 2.45) is 5.73 Å². The summed E-state index contributed by atoms with van der Waals surface area (Å²) in [7, 11) is 0. The topological polar surface area (TPSA) is 84.7 Å². The lowest BCUT2D eigenvalue weighted by atomic mass is 10.0. The standard InChI is InChI=1S/C16H23N3O3/c17-16(21)14(7-6-13-4-2-1-3-5-13)18-15(20)12-19-8-10-22-11-9-19/h1-5,14H,6-12H2,(H2,17,21)(H,18,20)/t14-/m0/s1. The minimum Gasteiger partial charge on any atom is -0.379 e. The molecule has 1 aromatic rings. The van der Waals surface area contributed by atoms with Crippen molar-refractivity contribution in [1.82, 2.24) is 10.2 Å². The number of nitrogens with zero attached hydrogens (tertiary/aromatic N) is 1. The van der Waals surface area contributed by atoms with Crippen molar-refractivity contribution in [2.45, 2.75) is 18.9 Å². The van der Waals surface area contributed by atoms with Crippen molar-refractivity contribution in [1.29, 1.82) is 0 Å². The molecule has 0 saturated carbocycles. The zero-order valence-corrected chi connectivity index (χ0v) is 12.7. The largest absolute Gasteiger partial charge is 0.379 e. The Hall–Kier alpha value is -1.92. The van der Waals surface area contributed by atoms with Gasteiger partial charge in [0.15, 0.2) is 0 Å². The lowest BCUT2D eigenvalue weighted by Gasteiger charge is -2.26. The van der Waals surface area contributed by atoms with Gasteiger partial charge in [0.25, 0.3) is 0 Å². The molecule has 1 aromatic carbocycles. The van der Waals surface area contributed by atoms with Crippen molar-refractivity contribution in [3.8, 4) is 0 Å². The van der Waals surface area contributed by atoms with Crippen molar-refractivity contribution in [3.05, 3.63) is 35.9 Å². The van der Waals surface area contributed by atoms with E-state index in [0.29, 0.717) is 26.1 Å². The van der Waals surface area contributed by atoms with E-state index in [1.165, 1.54) is 0 Å². The number of nitrogens with one attached hydrogen (secondary N) is 1. The average Bonchev–Trinajstić information content (AvgIpc) is 2.53. The number of rotatable bonds is 7. The molecule has 1 atom stereocenters. The quantitative estimate of drug-likeness (QED) is 0.738. The monoisotopic (exact) mass is 305 g/mol. The van der Waals surface area contributed by atoms with Crippen molar-refractivity contribution < 1.29 is 14.3 Å². The van der Waals surface area contributed by atoms with Crippen LogP contribution >= 0.6 is 0 Å². The Morgan fingerprint density at radius 2 is 1.91 bits per heavy atom. The number of benzene rings is 1. The van der Waals surface area contributed by atoms with E-state index in [0.717, 1.165) is 18.7 Å². The highest BCUT2D eigenvalue weighted by Crippen LogP contribution is 2.05. The van der Waals surface area contributed by atoms with Crippen LogP contribution in [0.3, 0.4) is 0 Å². The highest BCUT2D eigenvalue weighted by Gasteiger charge is 2.20. The zero-order chi connectivity index (χ0) is 15.8. The lowest BCUT2D eigenvalue weighted by Crippen LogP contribution is -2.49. The number of carbonyl (C=O) groups is 2. The molecule has 0 spiro atoms. The first kappa shape index (κ1) is 16.5. The first-order valence-corrected chi connectivity index (χ1v) is 7.58. The second kappa shape index (κ2) is 8.51. The van der Waals surface area contributed by atoms with Crippen LogP contribution in [0.4, 0.5) is 0 Å². The predicted octanol–water partition coefficient (Wildman–Crippen LogP) is -0.0785. The number of hydrogen-bond acceptors (Lipinski definition) is 4. The SMILES string of the molecule is NC(=O)[C@H](CCc1ccccc1)NC(=O)CN1CCOCC1. The second-order valence-corrected chi connectivity index (χ2v) is 5.44. The fraction of sp³-hybridized carbons (Fsp3) is 0.500. The van der Waals surface area contributed by atoms with Crippen LogP contribution in [0.25, 0.3) is 0 Å². The number of hydrogen-bond donors (Lipinski definition) is 2. The van der Waals surface area contributed by atoms with Gasteiger partial charge in [0.05, 0.1) is 19.8 Å². The Morgan fingerprint density at radius 1 is 1.23 bits per heavy atom. The molecule has 22 heavy (non-hydrogen) atoms. The van der Waals surface area contributed by atoms with Crippen LogP contribution < -0.4 is 11.1 Å². The van der Waals surface area contributed by atoms with Gasteiger partial charge in [-0.15, -0.1) is 0 Å². The number of primary amides is 1. The third-order valence-corrected chi connectivity index (χ3v) is 3.71. The van der Waals surface area contributed by atoms with Crippen LogP contribution in [0, 0.1) is 0 Å². The van der Waals surface area contributed by atoms with Crippen LogP contribution in [-0.2, 0) is 20.7 Å². The zero-order valence-electron chi connectivity index (χ0n) is 12.7. The number of ether oxygens (including phenoxy) is 1. The fourth-order valence-corrected chi connectivity index (χ4v) is 2.44. The smallest absolute Gasteiger partial charge is 0.240 e. The summed E-state index contributed by atoms with van der Waals surface area (Å²) in [6.45, 7) is 3.02. The summed E-state index contributed by atoms with van der Waals surface area (Å²) in [6.07, 6.45) is 1.21. The number of nitrogens with two attached hydrogens (primary N) is 1. The highest BCUT2D eigenvalue weighted by molar-refractivity contribution is 5.87. The molecule has 0 aliphatic carbocycles. The van der Waals surface area contributed by atoms with E-state index in [1.807, 2.05) is 35.2 Å². The van der Waals surface area contributed by atoms with Gasteiger partial charge in [-0.3, -0.25) is 14.5 Å². The first-order chi connectivity index (χ1) is 10.6. The van der Waals surface area contributed by atoms with E-state index in [-0.39, 0.29) is 12.5 Å². The minimum atomic E-state index is -0.631. The van der Waals surface area contributed by atoms with Crippen LogP contribution in [-0.4, -0.2) is 55.6 Å². The molecule has 1 saturated heterocycles. The number of aryl methyl sites for hydroxylation is 1. The van der Waals surface area contributed by atoms with Gasteiger partial charge < -0.3 is 15.8 Å². The molecular weight excluding hydrogens is 282 g/mol. The summed E-state index contributed by atoms with van der Waals surface area (Å²) in [5, 5.41) is 2.74. The maximum Gasteiger partial charge on any atom is 0.240 e. The van der Waals surface area contributed by atoms with Crippen LogP contribution in [0.1, 0.15) is 12.0 Å². The summed E-state index contributed by atoms with van der Waals surface area (Å²) in [4.78, 5) is 25.6. The summed E-state index contributed by atoms with van der Waals surface area (Å²) < 4.78 is 5.24. The van der Waals surface area contributed by atoms with E-state index >= 15 is 0 Å². The van der Waals surface area contributed by atoms with Gasteiger partial charge in [0, 0.05) is 13.1 Å². The van der Waals surface area contributed by atoms with Crippen molar-refractivity contribution >= 4 is 11.8 Å². The van der Waals surface area contributed by atoms with Gasteiger partial charge >= 0.3 is 0 Å². The molecule has 120 valence electrons. The number of carbonyl (C=O) groups excluding carboxylic acids is 2. The Labute approximate surface area is 130 Å². The van der Waals surface area contributed by atoms with E-state index in [1.54, 1.807) is 0 Å². The van der Waals surface area contributed by atoms with Gasteiger partial charge in [0.2, 0.25) is 11.8 Å². The Kier molecular flexibility index (Phi) is 6.36. The third kappa shape index (κ3) is 5.46. The normalized spacial score (nSPS) is 16.9. The highest BCUT2D eigenvalue weighted by atomic mass is 16.5. The van der Waals surface area contributed by atoms with E-state index in [2.05, 4.69) is 5.32 Å². The first-order valence-electron chi connectivity index (χ1n) is 7.58. The molecule has 1 fully saturated rings. The number of amides is 2. The van der Waals surface area contributed by atoms with Crippen LogP contribution in [0.2, 0.25) is 0 Å². The summed E-state index contributed by atoms with van der Waals surface area (Å²) in [5.74, 6) is -0.662. The average molecular weight is 305 g/mol. The molecule has 3 N–H and O–H groups in total. The molecule has 2 rings (SSSR count). The third-order valence-electron chi connectivity index (χ3n) is 3.71. The molecule has 1 aliphatic rings. The summed E-state index contributed by atoms with van der Waals surface area (Å²) in [5.41, 5.74) is 6.52. The summed E-state index contributed by atoms with van der Waals surface area (Å²) in [6, 6.07) is 9.20. The molecule has 0 aromatic heterocycles. The van der Waals surface area contributed by atoms with Gasteiger partial charge in [-0.1, -0.05) is 30.3 Å². The molecule has 0 radical (unpaired) electrons. The summed E-state index contributed by atoms with van der Waals surface area (Å²) >= 11 is 0. The van der Waals surface area contributed by atoms with Gasteiger partial charge in [-0.25, -0.2) is 0 Å². The predicted molar refractivity (Wildman–Crippen MR) is 83.1 cm³/mol. The van der Waals surface area contributed by atoms with E-state index < -0.39 is 11.9 Å². The Morgan fingerprint density at radius 3 is 2.55 bits per heavy atom. The van der Waals surface area contributed by atoms with Crippen molar-refractivity contribution in [3.63, 3.8) is 0 Å². The molecule has 6 heteroatoms. The maximum absolute atomic E-state index is 12.0. The lowest BCUT2D eigenvalue weighted by molar-refractivity contribution is -0.128. The molecule has 6 nitrogen and oxygen atoms in total. The Balaban J connectivity index is 1.80. The second-order valence-electron chi connectivity index (χ2n) is 5.44. The molecule has 1 aliphatic heterocycles. The molecule has 0 unspecified atom stereocenters. The van der Waals surface area contributed by atoms with Gasteiger partial charge in [-0.05, 0) is 18.4 Å². The molecule has 0 bridgehead atoms. The fourth-order valence-electron chi connectivity index (χ4n) is 2.44. The van der Waals surface area contributed by atoms with Crippen LogP contribution in [0.15, 0.2) is 30.3 Å². The molecule has 2 amide bonds. The maximum atomic E-state index is 12.0. The molecule has 1 heterocycles. The van der Waals surface area contributed by atoms with Gasteiger partial charge in [0.1, 0.15) is 6.04 Å². The van der Waals surface area contributed by atoms with E-state index in [9.17, 15) is 9.59 Å². The van der Waals surface area contributed by atoms with Crippen molar-refractivity contribution in [2.75, 3.05) is 32.8 Å². The van der Waals surface area contributed by atoms with E-state index in [4.69, 9.17) is 10.5 Å². The Bertz CT molecular complexity index is 487.